The molecule has 0 aliphatic carbocycles. The van der Waals surface area contributed by atoms with E-state index in [0.717, 1.165) is 18.1 Å². The molecule has 1 unspecified atom stereocenters. The van der Waals surface area contributed by atoms with Gasteiger partial charge in [0.1, 0.15) is 5.82 Å². The molecule has 0 bridgehead atoms. The van der Waals surface area contributed by atoms with E-state index in [2.05, 4.69) is 53.4 Å². The van der Waals surface area contributed by atoms with Crippen molar-refractivity contribution in [1.82, 2.24) is 15.3 Å². The van der Waals surface area contributed by atoms with Gasteiger partial charge in [0.05, 0.1) is 5.69 Å². The molecule has 0 saturated heterocycles. The monoisotopic (exact) mass is 241 g/mol. The molecule has 0 saturated carbocycles. The van der Waals surface area contributed by atoms with Crippen LogP contribution < -0.4 is 5.32 Å². The Morgan fingerprint density at radius 3 is 2.78 bits per heavy atom. The van der Waals surface area contributed by atoms with E-state index in [4.69, 9.17) is 0 Å². The highest BCUT2D eigenvalue weighted by Gasteiger charge is 2.05. The first-order valence-corrected chi connectivity index (χ1v) is 6.23. The van der Waals surface area contributed by atoms with Gasteiger partial charge in [0.15, 0.2) is 0 Å². The molecule has 0 radical (unpaired) electrons. The second-order valence-electron chi connectivity index (χ2n) is 4.61. The normalized spacial score (nSPS) is 12.4. The van der Waals surface area contributed by atoms with Gasteiger partial charge < -0.3 is 5.32 Å². The third kappa shape index (κ3) is 3.37. The van der Waals surface area contributed by atoms with Crippen LogP contribution in [-0.2, 0) is 6.54 Å². The third-order valence-corrected chi connectivity index (χ3v) is 2.97. The molecule has 94 valence electrons. The number of rotatable bonds is 4. The molecule has 0 aliphatic rings. The molecular formula is C15H19N3. The minimum absolute atomic E-state index is 0.320. The Balaban J connectivity index is 1.98. The molecule has 1 N–H and O–H groups in total. The first-order chi connectivity index (χ1) is 8.65. The van der Waals surface area contributed by atoms with Crippen LogP contribution in [0.25, 0.3) is 0 Å². The minimum atomic E-state index is 0.320. The van der Waals surface area contributed by atoms with E-state index < -0.39 is 0 Å². The summed E-state index contributed by atoms with van der Waals surface area (Å²) in [6, 6.07) is 10.8. The number of nitrogens with zero attached hydrogens (tertiary/aromatic N) is 2. The fourth-order valence-corrected chi connectivity index (χ4v) is 1.92. The van der Waals surface area contributed by atoms with Crippen LogP contribution in [0.2, 0.25) is 0 Å². The Hall–Kier alpha value is -1.74. The van der Waals surface area contributed by atoms with Crippen LogP contribution in [0.5, 0.6) is 0 Å². The quantitative estimate of drug-likeness (QED) is 0.894. The summed E-state index contributed by atoms with van der Waals surface area (Å²) >= 11 is 0. The third-order valence-electron chi connectivity index (χ3n) is 2.97. The van der Waals surface area contributed by atoms with Gasteiger partial charge in [0.25, 0.3) is 0 Å². The number of benzene rings is 1. The number of aromatic nitrogens is 2. The number of aryl methyl sites for hydroxylation is 2. The molecule has 1 heterocycles. The molecule has 0 aliphatic heterocycles. The Morgan fingerprint density at radius 2 is 2.06 bits per heavy atom. The Labute approximate surface area is 108 Å². The van der Waals surface area contributed by atoms with E-state index in [9.17, 15) is 0 Å². The summed E-state index contributed by atoms with van der Waals surface area (Å²) < 4.78 is 0. The van der Waals surface area contributed by atoms with Crippen LogP contribution in [0.3, 0.4) is 0 Å². The van der Waals surface area contributed by atoms with E-state index in [1.807, 2.05) is 13.0 Å². The SMILES string of the molecule is Cc1cccc(C(C)NCc2ccnc(C)n2)c1. The highest BCUT2D eigenvalue weighted by Crippen LogP contribution is 2.14. The van der Waals surface area contributed by atoms with Gasteiger partial charge in [-0.25, -0.2) is 9.97 Å². The van der Waals surface area contributed by atoms with Crippen molar-refractivity contribution in [3.8, 4) is 0 Å². The van der Waals surface area contributed by atoms with Crippen molar-refractivity contribution < 1.29 is 0 Å². The highest BCUT2D eigenvalue weighted by atomic mass is 14.9. The van der Waals surface area contributed by atoms with Crippen molar-refractivity contribution in [1.29, 1.82) is 0 Å². The number of nitrogens with one attached hydrogen (secondary N) is 1. The lowest BCUT2D eigenvalue weighted by molar-refractivity contribution is 0.566. The molecule has 1 aromatic carbocycles. The molecular weight excluding hydrogens is 222 g/mol. The van der Waals surface area contributed by atoms with Gasteiger partial charge in [-0.2, -0.15) is 0 Å². The fraction of sp³-hybridized carbons (Fsp3) is 0.333. The van der Waals surface area contributed by atoms with E-state index in [1.165, 1.54) is 11.1 Å². The molecule has 3 heteroatoms. The van der Waals surface area contributed by atoms with Crippen LogP contribution >= 0.6 is 0 Å². The maximum absolute atomic E-state index is 4.38. The molecule has 3 nitrogen and oxygen atoms in total. The van der Waals surface area contributed by atoms with Gasteiger partial charge in [0, 0.05) is 18.8 Å². The van der Waals surface area contributed by atoms with Crippen molar-refractivity contribution >= 4 is 0 Å². The Morgan fingerprint density at radius 1 is 1.22 bits per heavy atom. The largest absolute Gasteiger partial charge is 0.305 e. The van der Waals surface area contributed by atoms with E-state index >= 15 is 0 Å². The van der Waals surface area contributed by atoms with Crippen molar-refractivity contribution in [3.05, 3.63) is 59.2 Å². The predicted molar refractivity (Wildman–Crippen MR) is 73.2 cm³/mol. The van der Waals surface area contributed by atoms with Gasteiger partial charge in [-0.3, -0.25) is 0 Å². The minimum Gasteiger partial charge on any atom is -0.305 e. The van der Waals surface area contributed by atoms with Gasteiger partial charge in [-0.1, -0.05) is 29.8 Å². The van der Waals surface area contributed by atoms with E-state index in [1.54, 1.807) is 6.20 Å². The summed E-state index contributed by atoms with van der Waals surface area (Å²) in [5.41, 5.74) is 3.63. The smallest absolute Gasteiger partial charge is 0.125 e. The number of hydrogen-bond donors (Lipinski definition) is 1. The molecule has 2 aromatic rings. The lowest BCUT2D eigenvalue weighted by Gasteiger charge is -2.14. The average molecular weight is 241 g/mol. The Kier molecular flexibility index (Phi) is 4.05. The number of hydrogen-bond acceptors (Lipinski definition) is 3. The molecule has 1 atom stereocenters. The maximum Gasteiger partial charge on any atom is 0.125 e. The molecule has 0 amide bonds. The van der Waals surface area contributed by atoms with Crippen LogP contribution in [-0.4, -0.2) is 9.97 Å². The first-order valence-electron chi connectivity index (χ1n) is 6.23. The predicted octanol–water partition coefficient (Wildman–Crippen LogP) is 2.94. The van der Waals surface area contributed by atoms with Gasteiger partial charge in [-0.15, -0.1) is 0 Å². The second kappa shape index (κ2) is 5.74. The lowest BCUT2D eigenvalue weighted by Crippen LogP contribution is -2.19. The summed E-state index contributed by atoms with van der Waals surface area (Å²) in [5, 5.41) is 3.48. The van der Waals surface area contributed by atoms with E-state index in [-0.39, 0.29) is 0 Å². The van der Waals surface area contributed by atoms with Gasteiger partial charge >= 0.3 is 0 Å². The first kappa shape index (κ1) is 12.7. The van der Waals surface area contributed by atoms with Crippen LogP contribution in [0.4, 0.5) is 0 Å². The van der Waals surface area contributed by atoms with Gasteiger partial charge in [-0.05, 0) is 32.4 Å². The van der Waals surface area contributed by atoms with Gasteiger partial charge in [0.2, 0.25) is 0 Å². The summed E-state index contributed by atoms with van der Waals surface area (Å²) in [7, 11) is 0. The summed E-state index contributed by atoms with van der Waals surface area (Å²) in [5.74, 6) is 0.817. The fourth-order valence-electron chi connectivity index (χ4n) is 1.92. The maximum atomic E-state index is 4.38. The lowest BCUT2D eigenvalue weighted by atomic mass is 10.1. The topological polar surface area (TPSA) is 37.8 Å². The summed E-state index contributed by atoms with van der Waals surface area (Å²) in [6.45, 7) is 6.96. The molecule has 2 rings (SSSR count). The molecule has 0 spiro atoms. The second-order valence-corrected chi connectivity index (χ2v) is 4.61. The molecule has 1 aromatic heterocycles. The standard InChI is InChI=1S/C15H19N3/c1-11-5-4-6-14(9-11)12(2)17-10-15-7-8-16-13(3)18-15/h4-9,12,17H,10H2,1-3H3. The van der Waals surface area contributed by atoms with Crippen molar-refractivity contribution in [2.45, 2.75) is 33.4 Å². The zero-order chi connectivity index (χ0) is 13.0. The van der Waals surface area contributed by atoms with Crippen molar-refractivity contribution in [3.63, 3.8) is 0 Å². The van der Waals surface area contributed by atoms with Crippen molar-refractivity contribution in [2.75, 3.05) is 0 Å². The highest BCUT2D eigenvalue weighted by molar-refractivity contribution is 5.24. The van der Waals surface area contributed by atoms with Crippen LogP contribution in [0.15, 0.2) is 36.5 Å². The summed E-state index contributed by atoms with van der Waals surface area (Å²) in [4.78, 5) is 8.48. The van der Waals surface area contributed by atoms with Crippen molar-refractivity contribution in [2.24, 2.45) is 0 Å². The zero-order valence-electron chi connectivity index (χ0n) is 11.1. The Bertz CT molecular complexity index is 523. The van der Waals surface area contributed by atoms with Crippen LogP contribution in [0.1, 0.15) is 35.6 Å². The average Bonchev–Trinajstić information content (AvgIpc) is 2.36. The zero-order valence-corrected chi connectivity index (χ0v) is 11.1. The molecule has 18 heavy (non-hydrogen) atoms. The van der Waals surface area contributed by atoms with Crippen LogP contribution in [0, 0.1) is 13.8 Å². The van der Waals surface area contributed by atoms with E-state index in [0.29, 0.717) is 6.04 Å². The molecule has 0 fully saturated rings. The summed E-state index contributed by atoms with van der Waals surface area (Å²) in [6.07, 6.45) is 1.80.